The van der Waals surface area contributed by atoms with Crippen molar-refractivity contribution in [3.05, 3.63) is 28.2 Å². The van der Waals surface area contributed by atoms with E-state index < -0.39 is 11.7 Å². The third-order valence-electron chi connectivity index (χ3n) is 2.44. The fourth-order valence-corrected chi connectivity index (χ4v) is 1.92. The smallest absolute Gasteiger partial charge is 0.407 e. The Morgan fingerprint density at radius 3 is 2.65 bits per heavy atom. The summed E-state index contributed by atoms with van der Waals surface area (Å²) in [5.41, 5.74) is 0.662. The second kappa shape index (κ2) is 7.53. The lowest BCUT2D eigenvalue weighted by atomic mass is 10.1. The molecule has 0 saturated heterocycles. The van der Waals surface area contributed by atoms with Crippen molar-refractivity contribution >= 4 is 22.0 Å². The van der Waals surface area contributed by atoms with Crippen LogP contribution in [0.1, 0.15) is 33.3 Å². The summed E-state index contributed by atoms with van der Waals surface area (Å²) < 4.78 is 11.8. The predicted molar refractivity (Wildman–Crippen MR) is 83.3 cm³/mol. The number of benzene rings is 1. The number of amides is 1. The summed E-state index contributed by atoms with van der Waals surface area (Å²) in [6.07, 6.45) is 0.480. The quantitative estimate of drug-likeness (QED) is 0.824. The van der Waals surface area contributed by atoms with Crippen LogP contribution in [0.15, 0.2) is 22.7 Å². The van der Waals surface area contributed by atoms with Gasteiger partial charge < -0.3 is 14.8 Å². The highest BCUT2D eigenvalue weighted by molar-refractivity contribution is 9.10. The number of halogens is 1. The number of nitrogens with one attached hydrogen (secondary N) is 1. The highest BCUT2D eigenvalue weighted by atomic mass is 79.9. The summed E-state index contributed by atoms with van der Waals surface area (Å²) in [5.74, 6) is 0.841. The minimum absolute atomic E-state index is 0.405. The van der Waals surface area contributed by atoms with Gasteiger partial charge in [-0.15, -0.1) is 0 Å². The predicted octanol–water partition coefficient (Wildman–Crippen LogP) is 3.92. The van der Waals surface area contributed by atoms with E-state index in [0.717, 1.165) is 22.2 Å². The van der Waals surface area contributed by atoms with Gasteiger partial charge in [0.2, 0.25) is 0 Å². The number of aryl methyl sites for hydroxylation is 1. The molecule has 0 spiro atoms. The average Bonchev–Trinajstić information content (AvgIpc) is 2.33. The van der Waals surface area contributed by atoms with E-state index in [2.05, 4.69) is 28.2 Å². The normalized spacial score (nSPS) is 11.1. The molecule has 0 aliphatic rings. The number of carbonyl (C=O) groups excluding carboxylic acids is 1. The van der Waals surface area contributed by atoms with Gasteiger partial charge in [-0.05, 0) is 44.9 Å². The summed E-state index contributed by atoms with van der Waals surface area (Å²) in [4.78, 5) is 11.5. The van der Waals surface area contributed by atoms with Crippen molar-refractivity contribution in [1.82, 2.24) is 5.32 Å². The van der Waals surface area contributed by atoms with Crippen LogP contribution in [-0.2, 0) is 11.2 Å². The molecule has 0 bridgehead atoms. The van der Waals surface area contributed by atoms with Crippen molar-refractivity contribution in [2.45, 2.75) is 39.7 Å². The first-order chi connectivity index (χ1) is 9.31. The zero-order chi connectivity index (χ0) is 15.2. The van der Waals surface area contributed by atoms with Gasteiger partial charge in [0.05, 0.1) is 6.54 Å². The number of carbonyl (C=O) groups is 1. The molecular formula is C15H22BrNO3. The van der Waals surface area contributed by atoms with E-state index in [1.165, 1.54) is 0 Å². The summed E-state index contributed by atoms with van der Waals surface area (Å²) in [6.45, 7) is 8.39. The van der Waals surface area contributed by atoms with Crippen LogP contribution in [0.2, 0.25) is 0 Å². The minimum Gasteiger partial charge on any atom is -0.491 e. The van der Waals surface area contributed by atoms with Crippen LogP contribution in [0.25, 0.3) is 0 Å². The zero-order valence-corrected chi connectivity index (χ0v) is 14.0. The molecule has 0 aromatic heterocycles. The van der Waals surface area contributed by atoms with E-state index in [1.807, 2.05) is 39.0 Å². The number of rotatable bonds is 5. The molecule has 0 fully saturated rings. The van der Waals surface area contributed by atoms with Crippen molar-refractivity contribution in [2.75, 3.05) is 13.2 Å². The first kappa shape index (κ1) is 16.8. The van der Waals surface area contributed by atoms with Crippen molar-refractivity contribution in [3.63, 3.8) is 0 Å². The Hall–Kier alpha value is -1.23. The largest absolute Gasteiger partial charge is 0.491 e. The Kier molecular flexibility index (Phi) is 6.33. The molecule has 1 aromatic carbocycles. The van der Waals surface area contributed by atoms with Crippen molar-refractivity contribution < 1.29 is 14.3 Å². The maximum atomic E-state index is 11.5. The lowest BCUT2D eigenvalue weighted by Gasteiger charge is -2.19. The van der Waals surface area contributed by atoms with Gasteiger partial charge >= 0.3 is 6.09 Å². The van der Waals surface area contributed by atoms with Crippen LogP contribution in [-0.4, -0.2) is 24.8 Å². The summed E-state index contributed by atoms with van der Waals surface area (Å²) in [6, 6.07) is 5.96. The van der Waals surface area contributed by atoms with Gasteiger partial charge in [-0.1, -0.05) is 28.9 Å². The van der Waals surface area contributed by atoms with E-state index in [9.17, 15) is 4.79 Å². The fourth-order valence-electron chi connectivity index (χ4n) is 1.58. The van der Waals surface area contributed by atoms with Gasteiger partial charge in [-0.2, -0.15) is 0 Å². The SMILES string of the molecule is CCc1ccc(Br)cc1OCCNC(=O)OC(C)(C)C. The van der Waals surface area contributed by atoms with Crippen LogP contribution in [0.5, 0.6) is 5.75 Å². The molecule has 1 N–H and O–H groups in total. The molecule has 0 unspecified atom stereocenters. The molecular weight excluding hydrogens is 322 g/mol. The summed E-state index contributed by atoms with van der Waals surface area (Å²) in [7, 11) is 0. The van der Waals surface area contributed by atoms with Gasteiger partial charge in [0.1, 0.15) is 18.0 Å². The Bertz CT molecular complexity index is 455. The molecule has 1 aromatic rings. The molecule has 20 heavy (non-hydrogen) atoms. The number of ether oxygens (including phenoxy) is 2. The molecule has 1 rings (SSSR count). The first-order valence-corrected chi connectivity index (χ1v) is 7.49. The molecule has 0 aliphatic heterocycles. The van der Waals surface area contributed by atoms with E-state index in [0.29, 0.717) is 13.2 Å². The van der Waals surface area contributed by atoms with Crippen LogP contribution < -0.4 is 10.1 Å². The van der Waals surface area contributed by atoms with E-state index in [-0.39, 0.29) is 0 Å². The standard InChI is InChI=1S/C15H22BrNO3/c1-5-11-6-7-12(16)10-13(11)19-9-8-17-14(18)20-15(2,3)4/h6-7,10H,5,8-9H2,1-4H3,(H,17,18). The first-order valence-electron chi connectivity index (χ1n) is 6.70. The third-order valence-corrected chi connectivity index (χ3v) is 2.93. The van der Waals surface area contributed by atoms with Crippen LogP contribution in [0.4, 0.5) is 4.79 Å². The molecule has 0 heterocycles. The minimum atomic E-state index is -0.482. The second-order valence-electron chi connectivity index (χ2n) is 5.38. The van der Waals surface area contributed by atoms with Crippen molar-refractivity contribution in [2.24, 2.45) is 0 Å². The van der Waals surface area contributed by atoms with Crippen LogP contribution >= 0.6 is 15.9 Å². The van der Waals surface area contributed by atoms with Crippen molar-refractivity contribution in [3.8, 4) is 5.75 Å². The zero-order valence-electron chi connectivity index (χ0n) is 12.5. The highest BCUT2D eigenvalue weighted by Crippen LogP contribution is 2.24. The number of hydrogen-bond donors (Lipinski definition) is 1. The lowest BCUT2D eigenvalue weighted by Crippen LogP contribution is -2.34. The molecule has 0 saturated carbocycles. The van der Waals surface area contributed by atoms with Gasteiger partial charge in [0.15, 0.2) is 0 Å². The molecule has 0 aliphatic carbocycles. The van der Waals surface area contributed by atoms with E-state index in [1.54, 1.807) is 0 Å². The Morgan fingerprint density at radius 2 is 2.05 bits per heavy atom. The maximum absolute atomic E-state index is 11.5. The molecule has 0 radical (unpaired) electrons. The van der Waals surface area contributed by atoms with E-state index >= 15 is 0 Å². The van der Waals surface area contributed by atoms with E-state index in [4.69, 9.17) is 9.47 Å². The molecule has 1 amide bonds. The highest BCUT2D eigenvalue weighted by Gasteiger charge is 2.15. The van der Waals surface area contributed by atoms with Gasteiger partial charge in [-0.3, -0.25) is 0 Å². The summed E-state index contributed by atoms with van der Waals surface area (Å²) in [5, 5.41) is 2.66. The van der Waals surface area contributed by atoms with Gasteiger partial charge in [0, 0.05) is 4.47 Å². The molecule has 0 atom stereocenters. The molecule has 4 nitrogen and oxygen atoms in total. The number of alkyl carbamates (subject to hydrolysis) is 1. The average molecular weight is 344 g/mol. The monoisotopic (exact) mass is 343 g/mol. The Morgan fingerprint density at radius 1 is 1.35 bits per heavy atom. The Labute approximate surface area is 129 Å². The topological polar surface area (TPSA) is 47.6 Å². The Balaban J connectivity index is 2.38. The third kappa shape index (κ3) is 6.28. The van der Waals surface area contributed by atoms with Crippen LogP contribution in [0.3, 0.4) is 0 Å². The van der Waals surface area contributed by atoms with Gasteiger partial charge in [0.25, 0.3) is 0 Å². The fraction of sp³-hybridized carbons (Fsp3) is 0.533. The van der Waals surface area contributed by atoms with Gasteiger partial charge in [-0.25, -0.2) is 4.79 Å². The molecule has 5 heteroatoms. The maximum Gasteiger partial charge on any atom is 0.407 e. The molecule has 112 valence electrons. The van der Waals surface area contributed by atoms with Crippen LogP contribution in [0, 0.1) is 0 Å². The summed E-state index contributed by atoms with van der Waals surface area (Å²) >= 11 is 3.42. The number of hydrogen-bond acceptors (Lipinski definition) is 3. The van der Waals surface area contributed by atoms with Crippen molar-refractivity contribution in [1.29, 1.82) is 0 Å². The lowest BCUT2D eigenvalue weighted by molar-refractivity contribution is 0.0520. The second-order valence-corrected chi connectivity index (χ2v) is 6.30.